The number of benzene rings is 1. The van der Waals surface area contributed by atoms with Crippen molar-refractivity contribution in [3.63, 3.8) is 0 Å². The molecule has 34 heavy (non-hydrogen) atoms. The third kappa shape index (κ3) is 13.2. The number of aryl methyl sites for hydroxylation is 1. The summed E-state index contributed by atoms with van der Waals surface area (Å²) in [5.41, 5.74) is 9.31. The fraction of sp³-hybridized carbons (Fsp3) is 0.742. The molecular formula is C31H60N2S. The minimum atomic E-state index is 0.337. The average molecular weight is 493 g/mol. The summed E-state index contributed by atoms with van der Waals surface area (Å²) in [5.74, 6) is 1.30. The van der Waals surface area contributed by atoms with Gasteiger partial charge in [0.15, 0.2) is 0 Å². The predicted octanol–water partition coefficient (Wildman–Crippen LogP) is 9.59. The first-order valence-corrected chi connectivity index (χ1v) is 14.5. The second-order valence-electron chi connectivity index (χ2n) is 10.1. The van der Waals surface area contributed by atoms with E-state index in [2.05, 4.69) is 76.1 Å². The maximum Gasteiger partial charge on any atom is 0.0725 e. The van der Waals surface area contributed by atoms with E-state index in [0.29, 0.717) is 22.6 Å². The molecule has 1 saturated heterocycles. The first-order valence-electron chi connectivity index (χ1n) is 14.0. The molecule has 0 aromatic heterocycles. The highest BCUT2D eigenvalue weighted by molar-refractivity contribution is 7.80. The molecule has 2 N–H and O–H groups in total. The number of thiol groups is 1. The fourth-order valence-corrected chi connectivity index (χ4v) is 5.31. The topological polar surface area (TPSA) is 29.3 Å². The maximum atomic E-state index is 4.86. The molecule has 0 spiro atoms. The third-order valence-corrected chi connectivity index (χ3v) is 6.84. The molecule has 0 amide bonds. The molecule has 2 fully saturated rings. The van der Waals surface area contributed by atoms with Crippen LogP contribution in [0.2, 0.25) is 0 Å². The second-order valence-corrected chi connectivity index (χ2v) is 10.7. The summed E-state index contributed by atoms with van der Waals surface area (Å²) >= 11 is 4.86. The number of rotatable bonds is 4. The molecule has 0 bridgehead atoms. The van der Waals surface area contributed by atoms with Crippen LogP contribution in [0, 0.1) is 18.3 Å². The molecule has 2 unspecified atom stereocenters. The van der Waals surface area contributed by atoms with E-state index in [1.807, 2.05) is 27.7 Å². The quantitative estimate of drug-likeness (QED) is 0.410. The summed E-state index contributed by atoms with van der Waals surface area (Å²) in [4.78, 5) is 2.48. The van der Waals surface area contributed by atoms with Gasteiger partial charge in [0.1, 0.15) is 0 Å². The normalized spacial score (nSPS) is 19.7. The summed E-state index contributed by atoms with van der Waals surface area (Å²) in [6.45, 7) is 24.8. The zero-order valence-corrected chi connectivity index (χ0v) is 25.5. The minimum absolute atomic E-state index is 0.337. The van der Waals surface area contributed by atoms with Crippen molar-refractivity contribution in [3.05, 3.63) is 47.7 Å². The Hall–Kier alpha value is -0.930. The lowest BCUT2D eigenvalue weighted by Crippen LogP contribution is -2.29. The zero-order valence-electron chi connectivity index (χ0n) is 24.6. The van der Waals surface area contributed by atoms with E-state index in [0.717, 1.165) is 13.0 Å². The summed E-state index contributed by atoms with van der Waals surface area (Å²) in [6.07, 6.45) is 10.6. The van der Waals surface area contributed by atoms with Gasteiger partial charge in [-0.25, -0.2) is 0 Å². The molecule has 2 atom stereocenters. The minimum Gasteiger partial charge on any atom is -0.363 e. The Labute approximate surface area is 220 Å². The maximum absolute atomic E-state index is 4.86. The van der Waals surface area contributed by atoms with E-state index in [9.17, 15) is 0 Å². The largest absolute Gasteiger partial charge is 0.363 e. The van der Waals surface area contributed by atoms with E-state index in [4.69, 9.17) is 12.6 Å². The van der Waals surface area contributed by atoms with E-state index in [1.165, 1.54) is 68.8 Å². The van der Waals surface area contributed by atoms with Crippen LogP contribution in [0.25, 0.3) is 0 Å². The molecule has 200 valence electrons. The summed E-state index contributed by atoms with van der Waals surface area (Å²) < 4.78 is 0. The van der Waals surface area contributed by atoms with Crippen molar-refractivity contribution in [2.75, 3.05) is 13.6 Å². The molecule has 1 aromatic carbocycles. The SMILES string of the molecule is C=C(C1CCCCC1)N1CC(c2ccccc2C)CC1S.CC.CC.CCCC(C)(C)C.CN. The smallest absolute Gasteiger partial charge is 0.0725 e. The van der Waals surface area contributed by atoms with Crippen molar-refractivity contribution in [1.82, 2.24) is 4.90 Å². The van der Waals surface area contributed by atoms with E-state index in [1.54, 1.807) is 0 Å². The number of allylic oxidation sites excluding steroid dienone is 1. The van der Waals surface area contributed by atoms with Crippen molar-refractivity contribution in [1.29, 1.82) is 0 Å². The Balaban J connectivity index is 0. The van der Waals surface area contributed by atoms with Crippen LogP contribution in [0.3, 0.4) is 0 Å². The number of hydrogen-bond acceptors (Lipinski definition) is 3. The van der Waals surface area contributed by atoms with Gasteiger partial charge in [-0.05, 0) is 62.1 Å². The van der Waals surface area contributed by atoms with Crippen molar-refractivity contribution in [3.8, 4) is 0 Å². The van der Waals surface area contributed by atoms with Crippen LogP contribution in [0.1, 0.15) is 124 Å². The monoisotopic (exact) mass is 492 g/mol. The lowest BCUT2D eigenvalue weighted by molar-refractivity contribution is 0.293. The van der Waals surface area contributed by atoms with Crippen molar-refractivity contribution >= 4 is 12.6 Å². The fourth-order valence-electron chi connectivity index (χ4n) is 4.81. The van der Waals surface area contributed by atoms with E-state index >= 15 is 0 Å². The van der Waals surface area contributed by atoms with Gasteiger partial charge in [-0.2, -0.15) is 12.6 Å². The first kappa shape index (κ1) is 35.2. The van der Waals surface area contributed by atoms with Gasteiger partial charge in [0, 0.05) is 18.2 Å². The number of nitrogens with two attached hydrogens (primary N) is 1. The van der Waals surface area contributed by atoms with Crippen molar-refractivity contribution < 1.29 is 0 Å². The summed E-state index contributed by atoms with van der Waals surface area (Å²) in [5, 5.41) is 0.337. The van der Waals surface area contributed by atoms with E-state index < -0.39 is 0 Å². The molecule has 2 nitrogen and oxygen atoms in total. The van der Waals surface area contributed by atoms with Crippen LogP contribution in [0.4, 0.5) is 0 Å². The predicted molar refractivity (Wildman–Crippen MR) is 161 cm³/mol. The highest BCUT2D eigenvalue weighted by Gasteiger charge is 2.34. The van der Waals surface area contributed by atoms with Gasteiger partial charge in [-0.15, -0.1) is 0 Å². The van der Waals surface area contributed by atoms with Crippen molar-refractivity contribution in [2.45, 2.75) is 125 Å². The van der Waals surface area contributed by atoms with Gasteiger partial charge in [0.2, 0.25) is 0 Å². The molecule has 3 rings (SSSR count). The lowest BCUT2D eigenvalue weighted by atomic mass is 9.87. The average Bonchev–Trinajstić information content (AvgIpc) is 3.24. The van der Waals surface area contributed by atoms with Crippen LogP contribution in [0.5, 0.6) is 0 Å². The first-order chi connectivity index (χ1) is 16.2. The lowest BCUT2D eigenvalue weighted by Gasteiger charge is -2.33. The Bertz CT molecular complexity index is 614. The molecule has 1 aliphatic carbocycles. The molecule has 1 heterocycles. The molecule has 1 saturated carbocycles. The van der Waals surface area contributed by atoms with Crippen molar-refractivity contribution in [2.24, 2.45) is 17.1 Å². The Kier molecular flexibility index (Phi) is 21.0. The zero-order chi connectivity index (χ0) is 26.7. The number of hydrogen-bond donors (Lipinski definition) is 2. The molecule has 2 aliphatic rings. The molecule has 3 heteroatoms. The van der Waals surface area contributed by atoms with Gasteiger partial charge >= 0.3 is 0 Å². The molecular weight excluding hydrogens is 432 g/mol. The molecule has 1 aliphatic heterocycles. The molecule has 0 radical (unpaired) electrons. The third-order valence-electron chi connectivity index (χ3n) is 6.35. The molecule has 1 aromatic rings. The van der Waals surface area contributed by atoms with Gasteiger partial charge in [0.25, 0.3) is 0 Å². The highest BCUT2D eigenvalue weighted by atomic mass is 32.1. The van der Waals surface area contributed by atoms with Gasteiger partial charge < -0.3 is 10.6 Å². The standard InChI is InChI=1S/C19H27NS.C7H16.2C2H6.CH5N/c1-14-8-6-7-11-18(14)17-12-19(21)20(13-17)15(2)16-9-4-3-5-10-16;1-5-6-7(2,3)4;3*1-2/h6-8,11,16-17,19,21H,2-5,9-10,12-13H2,1H3;5-6H2,1-4H3;2*1-2H3;2H2,1H3. The summed E-state index contributed by atoms with van der Waals surface area (Å²) in [7, 11) is 1.50. The number of likely N-dealkylation sites (tertiary alicyclic amines) is 1. The number of nitrogens with zero attached hydrogens (tertiary/aromatic N) is 1. The van der Waals surface area contributed by atoms with Crippen LogP contribution >= 0.6 is 12.6 Å². The van der Waals surface area contributed by atoms with Crippen LogP contribution in [0.15, 0.2) is 36.5 Å². The van der Waals surface area contributed by atoms with Crippen LogP contribution in [-0.2, 0) is 0 Å². The van der Waals surface area contributed by atoms with E-state index in [-0.39, 0.29) is 0 Å². The van der Waals surface area contributed by atoms with Gasteiger partial charge in [-0.1, -0.05) is 112 Å². The summed E-state index contributed by atoms with van der Waals surface area (Å²) in [6, 6.07) is 8.80. The van der Waals surface area contributed by atoms with Gasteiger partial charge in [0.05, 0.1) is 5.37 Å². The second kappa shape index (κ2) is 20.3. The Morgan fingerprint density at radius 1 is 1.03 bits per heavy atom. The highest BCUT2D eigenvalue weighted by Crippen LogP contribution is 2.40. The Morgan fingerprint density at radius 2 is 1.56 bits per heavy atom. The van der Waals surface area contributed by atoms with Crippen LogP contribution < -0.4 is 5.73 Å². The van der Waals surface area contributed by atoms with Gasteiger partial charge in [-0.3, -0.25) is 0 Å². The Morgan fingerprint density at radius 3 is 2.00 bits per heavy atom. The van der Waals surface area contributed by atoms with Crippen LogP contribution in [-0.4, -0.2) is 23.9 Å².